The third kappa shape index (κ3) is 4.96. The van der Waals surface area contributed by atoms with Crippen LogP contribution < -0.4 is 14.2 Å². The molecule has 0 aliphatic rings. The number of methoxy groups -OCH3 is 4. The van der Waals surface area contributed by atoms with Crippen LogP contribution in [0.3, 0.4) is 0 Å². The van der Waals surface area contributed by atoms with Crippen molar-refractivity contribution in [1.29, 1.82) is 0 Å². The molecular weight excluding hydrogens is 402 g/mol. The van der Waals surface area contributed by atoms with Crippen LogP contribution in [0.25, 0.3) is 0 Å². The highest BCUT2D eigenvalue weighted by atomic mass is 32.2. The Bertz CT molecular complexity index is 1020. The van der Waals surface area contributed by atoms with E-state index in [-0.39, 0.29) is 39.6 Å². The third-order valence-corrected chi connectivity index (χ3v) is 5.44. The zero-order valence-corrected chi connectivity index (χ0v) is 17.2. The fraction of sp³-hybridized carbons (Fsp3) is 0.263. The van der Waals surface area contributed by atoms with Gasteiger partial charge < -0.3 is 18.9 Å². The second-order valence-electron chi connectivity index (χ2n) is 5.71. The number of anilines is 1. The lowest BCUT2D eigenvalue weighted by Crippen LogP contribution is -2.19. The lowest BCUT2D eigenvalue weighted by molar-refractivity contribution is -0.139. The Morgan fingerprint density at radius 1 is 0.931 bits per heavy atom. The van der Waals surface area contributed by atoms with E-state index in [1.54, 1.807) is 12.1 Å². The van der Waals surface area contributed by atoms with Gasteiger partial charge in [0.1, 0.15) is 0 Å². The van der Waals surface area contributed by atoms with Gasteiger partial charge in [-0.1, -0.05) is 12.1 Å². The number of sulfonamides is 1. The van der Waals surface area contributed by atoms with E-state index in [1.807, 2.05) is 0 Å². The topological polar surface area (TPSA) is 117 Å². The summed E-state index contributed by atoms with van der Waals surface area (Å²) in [7, 11) is 0.910. The van der Waals surface area contributed by atoms with Crippen molar-refractivity contribution in [2.24, 2.45) is 0 Å². The van der Waals surface area contributed by atoms with Crippen LogP contribution in [0.1, 0.15) is 15.9 Å². The maximum Gasteiger partial charge on any atom is 0.339 e. The molecule has 2 aromatic carbocycles. The highest BCUT2D eigenvalue weighted by molar-refractivity contribution is 7.92. The van der Waals surface area contributed by atoms with Crippen molar-refractivity contribution in [3.63, 3.8) is 0 Å². The number of carbonyl (C=O) groups excluding carboxylic acids is 2. The molecule has 0 spiro atoms. The van der Waals surface area contributed by atoms with Gasteiger partial charge in [0.25, 0.3) is 10.0 Å². The van der Waals surface area contributed by atoms with Crippen LogP contribution in [0.2, 0.25) is 0 Å². The van der Waals surface area contributed by atoms with Crippen LogP contribution >= 0.6 is 0 Å². The summed E-state index contributed by atoms with van der Waals surface area (Å²) in [4.78, 5) is 23.5. The van der Waals surface area contributed by atoms with Crippen LogP contribution in [0.15, 0.2) is 41.3 Å². The highest BCUT2D eigenvalue weighted by Crippen LogP contribution is 2.34. The van der Waals surface area contributed by atoms with Gasteiger partial charge in [-0.3, -0.25) is 9.52 Å². The lowest BCUT2D eigenvalue weighted by atomic mass is 10.1. The maximum atomic E-state index is 13.1. The number of carbonyl (C=O) groups is 2. The van der Waals surface area contributed by atoms with Crippen molar-refractivity contribution in [2.45, 2.75) is 11.3 Å². The smallest absolute Gasteiger partial charge is 0.339 e. The van der Waals surface area contributed by atoms with Crippen molar-refractivity contribution < 1.29 is 37.0 Å². The number of para-hydroxylation sites is 1. The van der Waals surface area contributed by atoms with Crippen molar-refractivity contribution in [1.82, 2.24) is 0 Å². The first-order valence-corrected chi connectivity index (χ1v) is 9.77. The number of ether oxygens (including phenoxy) is 4. The summed E-state index contributed by atoms with van der Waals surface area (Å²) in [6, 6.07) is 8.60. The molecule has 29 heavy (non-hydrogen) atoms. The molecule has 1 N–H and O–H groups in total. The quantitative estimate of drug-likeness (QED) is 0.641. The van der Waals surface area contributed by atoms with E-state index in [0.29, 0.717) is 0 Å². The van der Waals surface area contributed by atoms with E-state index >= 15 is 0 Å². The number of esters is 2. The second-order valence-corrected chi connectivity index (χ2v) is 7.36. The Balaban J connectivity index is 2.59. The predicted molar refractivity (Wildman–Crippen MR) is 104 cm³/mol. The summed E-state index contributed by atoms with van der Waals surface area (Å²) < 4.78 is 48.3. The average Bonchev–Trinajstić information content (AvgIpc) is 2.72. The number of hydrogen-bond acceptors (Lipinski definition) is 8. The van der Waals surface area contributed by atoms with Gasteiger partial charge >= 0.3 is 11.9 Å². The van der Waals surface area contributed by atoms with Gasteiger partial charge in [0.15, 0.2) is 11.5 Å². The number of benzene rings is 2. The number of hydrogen-bond donors (Lipinski definition) is 1. The molecular formula is C19H21NO8S. The van der Waals surface area contributed by atoms with Crippen LogP contribution in [0.4, 0.5) is 5.69 Å². The SMILES string of the molecule is COC(=O)Cc1cc(OC)c(OC)cc1S(=O)(=O)Nc1ccccc1C(=O)OC. The lowest BCUT2D eigenvalue weighted by Gasteiger charge is -2.16. The summed E-state index contributed by atoms with van der Waals surface area (Å²) >= 11 is 0. The van der Waals surface area contributed by atoms with E-state index < -0.39 is 22.0 Å². The Labute approximate surface area is 168 Å². The van der Waals surface area contributed by atoms with Crippen molar-refractivity contribution in [3.8, 4) is 11.5 Å². The summed E-state index contributed by atoms with van der Waals surface area (Å²) in [5.74, 6) is -0.933. The minimum Gasteiger partial charge on any atom is -0.493 e. The van der Waals surface area contributed by atoms with Gasteiger partial charge in [-0.25, -0.2) is 13.2 Å². The standard InChI is InChI=1S/C19H21NO8S/c1-25-15-9-12(10-18(21)27-3)17(11-16(15)26-2)29(23,24)20-14-8-6-5-7-13(14)19(22)28-4/h5-9,11,20H,10H2,1-4H3. The van der Waals surface area contributed by atoms with Crippen molar-refractivity contribution >= 4 is 27.6 Å². The average molecular weight is 423 g/mol. The molecule has 0 aromatic heterocycles. The van der Waals surface area contributed by atoms with E-state index in [0.717, 1.165) is 0 Å². The molecule has 0 bridgehead atoms. The Morgan fingerprint density at radius 2 is 1.55 bits per heavy atom. The minimum absolute atomic E-state index is 0.0261. The summed E-state index contributed by atoms with van der Waals surface area (Å²) in [5.41, 5.74) is 0.198. The van der Waals surface area contributed by atoms with Gasteiger partial charge in [0.2, 0.25) is 0 Å². The van der Waals surface area contributed by atoms with Gasteiger partial charge in [0.05, 0.1) is 51.0 Å². The molecule has 0 aliphatic carbocycles. The van der Waals surface area contributed by atoms with Crippen LogP contribution in [0.5, 0.6) is 11.5 Å². The summed E-state index contributed by atoms with van der Waals surface area (Å²) in [6.45, 7) is 0. The molecule has 0 unspecified atom stereocenters. The van der Waals surface area contributed by atoms with Crippen molar-refractivity contribution in [2.75, 3.05) is 33.2 Å². The van der Waals surface area contributed by atoms with E-state index in [9.17, 15) is 18.0 Å². The predicted octanol–water partition coefficient (Wildman–Crippen LogP) is 2.01. The van der Waals surface area contributed by atoms with E-state index in [1.165, 1.54) is 52.7 Å². The molecule has 0 radical (unpaired) electrons. The Morgan fingerprint density at radius 3 is 2.14 bits per heavy atom. The first-order chi connectivity index (χ1) is 13.8. The molecule has 0 atom stereocenters. The fourth-order valence-corrected chi connectivity index (χ4v) is 3.89. The largest absolute Gasteiger partial charge is 0.493 e. The molecule has 0 aliphatic heterocycles. The minimum atomic E-state index is -4.22. The van der Waals surface area contributed by atoms with Gasteiger partial charge in [0, 0.05) is 6.07 Å². The molecule has 156 valence electrons. The summed E-state index contributed by atoms with van der Waals surface area (Å²) in [5, 5.41) is 0. The first kappa shape index (κ1) is 22.0. The first-order valence-electron chi connectivity index (χ1n) is 8.29. The third-order valence-electron chi connectivity index (χ3n) is 4.00. The maximum absolute atomic E-state index is 13.1. The molecule has 0 fully saturated rings. The van der Waals surface area contributed by atoms with Gasteiger partial charge in [-0.05, 0) is 23.8 Å². The van der Waals surface area contributed by atoms with E-state index in [2.05, 4.69) is 14.2 Å². The Hall–Kier alpha value is -3.27. The molecule has 0 saturated carbocycles. The zero-order chi connectivity index (χ0) is 21.6. The van der Waals surface area contributed by atoms with E-state index in [4.69, 9.17) is 9.47 Å². The molecule has 9 nitrogen and oxygen atoms in total. The molecule has 0 amide bonds. The summed E-state index contributed by atoms with van der Waals surface area (Å²) in [6.07, 6.45) is -0.314. The Kier molecular flexibility index (Phi) is 7.05. The molecule has 10 heteroatoms. The number of nitrogens with one attached hydrogen (secondary N) is 1. The highest BCUT2D eigenvalue weighted by Gasteiger charge is 2.25. The fourth-order valence-electron chi connectivity index (χ4n) is 2.58. The van der Waals surface area contributed by atoms with Gasteiger partial charge in [-0.15, -0.1) is 0 Å². The molecule has 2 rings (SSSR count). The monoisotopic (exact) mass is 423 g/mol. The molecule has 0 saturated heterocycles. The molecule has 2 aromatic rings. The van der Waals surface area contributed by atoms with Crippen molar-refractivity contribution in [3.05, 3.63) is 47.5 Å². The van der Waals surface area contributed by atoms with Gasteiger partial charge in [-0.2, -0.15) is 0 Å². The normalized spacial score (nSPS) is 10.8. The molecule has 0 heterocycles. The van der Waals surface area contributed by atoms with Crippen LogP contribution in [-0.2, 0) is 30.7 Å². The number of rotatable bonds is 8. The van der Waals surface area contributed by atoms with Crippen LogP contribution in [0, 0.1) is 0 Å². The zero-order valence-electron chi connectivity index (χ0n) is 16.3. The van der Waals surface area contributed by atoms with Crippen LogP contribution in [-0.4, -0.2) is 48.8 Å². The second kappa shape index (κ2) is 9.28.